The van der Waals surface area contributed by atoms with E-state index >= 15 is 0 Å². The highest BCUT2D eigenvalue weighted by Crippen LogP contribution is 2.40. The molecular weight excluding hydrogens is 426 g/mol. The number of hydrogen-bond acceptors (Lipinski definition) is 2. The van der Waals surface area contributed by atoms with E-state index in [2.05, 4.69) is 105 Å². The van der Waals surface area contributed by atoms with Gasteiger partial charge in [0.1, 0.15) is 0 Å². The summed E-state index contributed by atoms with van der Waals surface area (Å²) in [6.45, 7) is 10.4. The normalized spacial score (nSPS) is 17.7. The van der Waals surface area contributed by atoms with Crippen LogP contribution in [-0.2, 0) is 19.4 Å². The van der Waals surface area contributed by atoms with Gasteiger partial charge in [-0.25, -0.2) is 4.57 Å². The van der Waals surface area contributed by atoms with Gasteiger partial charge in [-0.1, -0.05) is 45.9 Å². The van der Waals surface area contributed by atoms with E-state index in [-0.39, 0.29) is 0 Å². The lowest BCUT2D eigenvalue weighted by Crippen LogP contribution is -2.36. The molecule has 3 heterocycles. The van der Waals surface area contributed by atoms with Crippen LogP contribution in [-0.4, -0.2) is 0 Å². The molecule has 0 saturated heterocycles. The second kappa shape index (κ2) is 9.11. The first-order valence-electron chi connectivity index (χ1n) is 12.0. The van der Waals surface area contributed by atoms with Crippen molar-refractivity contribution in [1.29, 1.82) is 0 Å². The Morgan fingerprint density at radius 1 is 0.906 bits per heavy atom. The van der Waals surface area contributed by atoms with Gasteiger partial charge in [-0.3, -0.25) is 0 Å². The molecule has 0 radical (unpaired) electrons. The summed E-state index contributed by atoms with van der Waals surface area (Å²) in [5.41, 5.74) is 3.12. The van der Waals surface area contributed by atoms with E-state index in [4.69, 9.17) is 0 Å². The molecule has 5 rings (SSSR count). The molecule has 3 heteroatoms. The van der Waals surface area contributed by atoms with Crippen molar-refractivity contribution in [2.24, 2.45) is 5.92 Å². The van der Waals surface area contributed by atoms with Crippen LogP contribution in [0.1, 0.15) is 77.6 Å². The average molecular weight is 461 g/mol. The molecule has 1 nitrogen and oxygen atoms in total. The maximum Gasteiger partial charge on any atom is 0.172 e. The summed E-state index contributed by atoms with van der Waals surface area (Å²) in [4.78, 5) is 4.71. The van der Waals surface area contributed by atoms with Crippen LogP contribution in [0.15, 0.2) is 60.9 Å². The number of fused-ring (bicyclic) bond motifs is 2. The zero-order valence-corrected chi connectivity index (χ0v) is 21.3. The number of nitrogens with zero attached hydrogens (tertiary/aromatic N) is 1. The Labute approximate surface area is 200 Å². The Hall–Kier alpha value is -1.97. The predicted octanol–water partition coefficient (Wildman–Crippen LogP) is 8.09. The minimum Gasteiger partial charge on any atom is -0.204 e. The topological polar surface area (TPSA) is 3.88 Å². The van der Waals surface area contributed by atoms with Crippen molar-refractivity contribution in [3.05, 3.63) is 86.7 Å². The fraction of sp³-hybridized carbons (Fsp3) is 0.414. The van der Waals surface area contributed by atoms with Gasteiger partial charge in [0.05, 0.1) is 0 Å². The molecule has 0 fully saturated rings. The minimum atomic E-state index is 0.518. The smallest absolute Gasteiger partial charge is 0.172 e. The summed E-state index contributed by atoms with van der Waals surface area (Å²) >= 11 is 4.00. The van der Waals surface area contributed by atoms with Crippen LogP contribution >= 0.6 is 22.7 Å². The summed E-state index contributed by atoms with van der Waals surface area (Å²) in [5.74, 6) is 2.59. The standard InChI is InChI=1S/C29H34NS2/c1-19(2)27-16-25-13-22(14-29(25)32-27)12-20(3)24-9-7-11-30(18-24)17-21(4)28-15-23-8-5-6-10-26(23)31-28/h5-11,15-16,18-22H,12-14,17H2,1-4H3/q+1. The van der Waals surface area contributed by atoms with E-state index < -0.39 is 0 Å². The van der Waals surface area contributed by atoms with Crippen molar-refractivity contribution < 1.29 is 4.57 Å². The third-order valence-corrected chi connectivity index (χ3v) is 9.87. The molecule has 0 spiro atoms. The zero-order chi connectivity index (χ0) is 22.2. The highest BCUT2D eigenvalue weighted by Gasteiger charge is 2.27. The lowest BCUT2D eigenvalue weighted by Gasteiger charge is -2.16. The van der Waals surface area contributed by atoms with E-state index in [0.717, 1.165) is 12.5 Å². The molecule has 1 aliphatic rings. The van der Waals surface area contributed by atoms with E-state index in [1.54, 1.807) is 15.3 Å². The van der Waals surface area contributed by atoms with E-state index in [1.807, 2.05) is 11.3 Å². The third kappa shape index (κ3) is 4.56. The first-order valence-corrected chi connectivity index (χ1v) is 13.7. The minimum absolute atomic E-state index is 0.518. The van der Waals surface area contributed by atoms with E-state index in [9.17, 15) is 0 Å². The molecule has 0 bridgehead atoms. The van der Waals surface area contributed by atoms with Crippen molar-refractivity contribution in [2.75, 3.05) is 0 Å². The number of hydrogen-bond donors (Lipinski definition) is 0. The first kappa shape index (κ1) is 21.9. The van der Waals surface area contributed by atoms with Gasteiger partial charge in [0.2, 0.25) is 0 Å². The molecule has 0 amide bonds. The molecule has 32 heavy (non-hydrogen) atoms. The second-order valence-corrected chi connectivity index (χ2v) is 12.4. The Kier molecular flexibility index (Phi) is 6.22. The molecule has 0 N–H and O–H groups in total. The summed E-state index contributed by atoms with van der Waals surface area (Å²) < 4.78 is 3.80. The molecule has 1 aromatic carbocycles. The fourth-order valence-corrected chi connectivity index (χ4v) is 7.59. The van der Waals surface area contributed by atoms with Crippen LogP contribution in [0, 0.1) is 5.92 Å². The highest BCUT2D eigenvalue weighted by atomic mass is 32.1. The van der Waals surface area contributed by atoms with Crippen LogP contribution in [0.2, 0.25) is 0 Å². The second-order valence-electron chi connectivity index (χ2n) is 10.1. The van der Waals surface area contributed by atoms with Crippen molar-refractivity contribution in [1.82, 2.24) is 0 Å². The zero-order valence-electron chi connectivity index (χ0n) is 19.7. The van der Waals surface area contributed by atoms with Gasteiger partial charge in [-0.05, 0) is 72.2 Å². The van der Waals surface area contributed by atoms with Gasteiger partial charge in [-0.2, -0.15) is 0 Å². The SMILES string of the molecule is CC(C)c1cc2c(s1)CC(CC(C)c1ccc[n+](CC(C)c3cc4ccccc4s3)c1)C2. The van der Waals surface area contributed by atoms with Gasteiger partial charge in [0, 0.05) is 36.9 Å². The Balaban J connectivity index is 1.23. The van der Waals surface area contributed by atoms with Gasteiger partial charge in [-0.15, -0.1) is 22.7 Å². The summed E-state index contributed by atoms with van der Waals surface area (Å²) in [7, 11) is 0. The molecule has 3 atom stereocenters. The monoisotopic (exact) mass is 460 g/mol. The quantitative estimate of drug-likeness (QED) is 0.245. The summed E-state index contributed by atoms with van der Waals surface area (Å²) in [5, 5.41) is 1.37. The van der Waals surface area contributed by atoms with Gasteiger partial charge >= 0.3 is 0 Å². The number of aromatic nitrogens is 1. The van der Waals surface area contributed by atoms with Crippen molar-refractivity contribution in [3.8, 4) is 0 Å². The molecule has 0 aliphatic heterocycles. The molecule has 4 aromatic rings. The van der Waals surface area contributed by atoms with Crippen LogP contribution in [0.25, 0.3) is 10.1 Å². The molecular formula is C29H34NS2+. The fourth-order valence-electron chi connectivity index (χ4n) is 5.17. The number of pyridine rings is 1. The van der Waals surface area contributed by atoms with Gasteiger partial charge in [0.25, 0.3) is 0 Å². The summed E-state index contributed by atoms with van der Waals surface area (Å²) in [6, 6.07) is 18.2. The lowest BCUT2D eigenvalue weighted by molar-refractivity contribution is -0.699. The number of benzene rings is 1. The highest BCUT2D eigenvalue weighted by molar-refractivity contribution is 7.19. The Bertz CT molecular complexity index is 1160. The largest absolute Gasteiger partial charge is 0.204 e. The van der Waals surface area contributed by atoms with Crippen LogP contribution in [0.4, 0.5) is 0 Å². The lowest BCUT2D eigenvalue weighted by atomic mass is 9.89. The van der Waals surface area contributed by atoms with Crippen LogP contribution in [0.3, 0.4) is 0 Å². The van der Waals surface area contributed by atoms with E-state index in [0.29, 0.717) is 17.8 Å². The van der Waals surface area contributed by atoms with Crippen molar-refractivity contribution >= 4 is 32.8 Å². The molecule has 0 saturated carbocycles. The van der Waals surface area contributed by atoms with Gasteiger partial charge in [0.15, 0.2) is 18.9 Å². The average Bonchev–Trinajstić information content (AvgIpc) is 3.46. The predicted molar refractivity (Wildman–Crippen MR) is 139 cm³/mol. The molecule has 166 valence electrons. The first-order chi connectivity index (χ1) is 15.5. The third-order valence-electron chi connectivity index (χ3n) is 7.02. The van der Waals surface area contributed by atoms with Gasteiger partial charge < -0.3 is 0 Å². The Morgan fingerprint density at radius 2 is 1.75 bits per heavy atom. The maximum atomic E-state index is 2.49. The Morgan fingerprint density at radius 3 is 2.53 bits per heavy atom. The number of thiophene rings is 2. The molecule has 1 aliphatic carbocycles. The molecule has 3 unspecified atom stereocenters. The van der Waals surface area contributed by atoms with E-state index in [1.165, 1.54) is 39.8 Å². The van der Waals surface area contributed by atoms with Crippen molar-refractivity contribution in [3.63, 3.8) is 0 Å². The molecule has 3 aromatic heterocycles. The van der Waals surface area contributed by atoms with Crippen LogP contribution < -0.4 is 4.57 Å². The van der Waals surface area contributed by atoms with Crippen LogP contribution in [0.5, 0.6) is 0 Å². The number of rotatable bonds is 7. The summed E-state index contributed by atoms with van der Waals surface area (Å²) in [6.07, 6.45) is 8.48. The van der Waals surface area contributed by atoms with Crippen molar-refractivity contribution in [2.45, 2.75) is 71.3 Å². The maximum absolute atomic E-state index is 2.49.